The van der Waals surface area contributed by atoms with E-state index in [1.807, 2.05) is 0 Å². The largest absolute Gasteiger partial charge is 0.0654 e. The maximum atomic E-state index is 2.58. The maximum Gasteiger partial charge on any atom is 0.0259 e. The molecule has 0 aromatic heterocycles. The van der Waals surface area contributed by atoms with Crippen LogP contribution < -0.4 is 0 Å². The minimum absolute atomic E-state index is 0.0621. The van der Waals surface area contributed by atoms with Crippen LogP contribution in [0.1, 0.15) is 328 Å². The van der Waals surface area contributed by atoms with Crippen molar-refractivity contribution in [2.24, 2.45) is 5.41 Å². The Hall–Kier alpha value is -1.56. The fraction of sp³-hybridized carbons (Fsp3) is 0.810. The van der Waals surface area contributed by atoms with Gasteiger partial charge in [-0.1, -0.05) is 352 Å². The molecule has 2 aromatic carbocycles. The molecule has 2 rings (SSSR count). The van der Waals surface area contributed by atoms with E-state index in [-0.39, 0.29) is 10.8 Å². The third-order valence-corrected chi connectivity index (χ3v) is 15.6. The third kappa shape index (κ3) is 26.4. The van der Waals surface area contributed by atoms with E-state index in [9.17, 15) is 0 Å². The molecule has 364 valence electrons. The van der Waals surface area contributed by atoms with Gasteiger partial charge in [-0.25, -0.2) is 0 Å². The minimum Gasteiger partial charge on any atom is -0.0654 e. The van der Waals surface area contributed by atoms with Gasteiger partial charge >= 0.3 is 0 Å². The first kappa shape index (κ1) is 57.6. The Morgan fingerprint density at radius 2 is 0.413 bits per heavy atom. The molecule has 0 fully saturated rings. The molecule has 0 saturated carbocycles. The molecule has 0 heterocycles. The van der Waals surface area contributed by atoms with E-state index in [0.717, 1.165) is 0 Å². The first-order valence-corrected chi connectivity index (χ1v) is 29.3. The highest BCUT2D eigenvalue weighted by molar-refractivity contribution is 5.43. The molecular weight excluding hydrogens is 757 g/mol. The maximum absolute atomic E-state index is 2.58. The number of rotatable bonds is 48. The highest BCUT2D eigenvalue weighted by atomic mass is 14.5. The predicted molar refractivity (Wildman–Crippen MR) is 287 cm³/mol. The number of hydrogen-bond donors (Lipinski definition) is 0. The van der Waals surface area contributed by atoms with E-state index in [4.69, 9.17) is 0 Å². The lowest BCUT2D eigenvalue weighted by molar-refractivity contribution is 0.0817. The SMILES string of the molecule is CCCCCCCCCCCCCC(c1ccccc1)(c1ccccc1)C(CCCCCCCCCCCC)(CCCCCCCCCCCC)CCCCCCCCCCCC. The van der Waals surface area contributed by atoms with Crippen LogP contribution in [0.2, 0.25) is 0 Å². The molecule has 0 N–H and O–H groups in total. The average molecular weight is 870 g/mol. The number of benzene rings is 2. The topological polar surface area (TPSA) is 0 Å². The lowest BCUT2D eigenvalue weighted by Gasteiger charge is -2.53. The van der Waals surface area contributed by atoms with Crippen LogP contribution in [-0.4, -0.2) is 0 Å². The van der Waals surface area contributed by atoms with Crippen LogP contribution >= 0.6 is 0 Å². The van der Waals surface area contributed by atoms with E-state index in [1.54, 1.807) is 11.1 Å². The van der Waals surface area contributed by atoms with Crippen molar-refractivity contribution in [2.45, 2.75) is 322 Å². The van der Waals surface area contributed by atoms with Crippen LogP contribution in [0.15, 0.2) is 60.7 Å². The van der Waals surface area contributed by atoms with Crippen LogP contribution in [0, 0.1) is 5.41 Å². The predicted octanol–water partition coefficient (Wildman–Crippen LogP) is 22.6. The zero-order valence-corrected chi connectivity index (χ0v) is 43.6. The quantitative estimate of drug-likeness (QED) is 0.0581. The lowest BCUT2D eigenvalue weighted by atomic mass is 9.50. The summed E-state index contributed by atoms with van der Waals surface area (Å²) in [6.07, 6.45) is 63.9. The summed E-state index contributed by atoms with van der Waals surface area (Å²) in [7, 11) is 0. The smallest absolute Gasteiger partial charge is 0.0259 e. The van der Waals surface area contributed by atoms with Crippen molar-refractivity contribution >= 4 is 0 Å². The van der Waals surface area contributed by atoms with Crippen molar-refractivity contribution in [3.8, 4) is 0 Å². The van der Waals surface area contributed by atoms with Gasteiger partial charge in [-0.05, 0) is 42.2 Å². The van der Waals surface area contributed by atoms with Gasteiger partial charge in [-0.15, -0.1) is 0 Å². The van der Waals surface area contributed by atoms with Gasteiger partial charge in [0.1, 0.15) is 0 Å². The molecule has 0 nitrogen and oxygen atoms in total. The van der Waals surface area contributed by atoms with Crippen molar-refractivity contribution in [3.05, 3.63) is 71.8 Å². The van der Waals surface area contributed by atoms with Crippen molar-refractivity contribution in [1.29, 1.82) is 0 Å². The van der Waals surface area contributed by atoms with Gasteiger partial charge in [0.2, 0.25) is 0 Å². The molecular formula is C63H112. The molecule has 0 saturated heterocycles. The van der Waals surface area contributed by atoms with Crippen molar-refractivity contribution < 1.29 is 0 Å². The minimum atomic E-state index is 0.0621. The zero-order chi connectivity index (χ0) is 45.0. The molecule has 0 bridgehead atoms. The second kappa shape index (κ2) is 41.8. The van der Waals surface area contributed by atoms with Crippen LogP contribution in [0.4, 0.5) is 0 Å². The number of hydrogen-bond acceptors (Lipinski definition) is 0. The average Bonchev–Trinajstić information content (AvgIpc) is 3.31. The summed E-state index contributed by atoms with van der Waals surface area (Å²) in [6, 6.07) is 24.4. The molecule has 0 aliphatic heterocycles. The van der Waals surface area contributed by atoms with Gasteiger partial charge in [0.25, 0.3) is 0 Å². The van der Waals surface area contributed by atoms with Crippen LogP contribution in [0.25, 0.3) is 0 Å². The Morgan fingerprint density at radius 3 is 0.635 bits per heavy atom. The first-order chi connectivity index (χ1) is 31.2. The van der Waals surface area contributed by atoms with Crippen molar-refractivity contribution in [1.82, 2.24) is 0 Å². The Kier molecular flexibility index (Phi) is 38.2. The van der Waals surface area contributed by atoms with Gasteiger partial charge in [0, 0.05) is 5.41 Å². The fourth-order valence-corrected chi connectivity index (χ4v) is 11.7. The molecule has 0 aliphatic carbocycles. The monoisotopic (exact) mass is 869 g/mol. The summed E-state index contributed by atoms with van der Waals surface area (Å²) in [5.74, 6) is 0. The summed E-state index contributed by atoms with van der Waals surface area (Å²) >= 11 is 0. The molecule has 0 spiro atoms. The molecule has 63 heavy (non-hydrogen) atoms. The van der Waals surface area contributed by atoms with Crippen LogP contribution in [0.3, 0.4) is 0 Å². The molecule has 2 aromatic rings. The second-order valence-electron chi connectivity index (χ2n) is 21.0. The Balaban J connectivity index is 2.40. The zero-order valence-electron chi connectivity index (χ0n) is 43.6. The van der Waals surface area contributed by atoms with Crippen LogP contribution in [0.5, 0.6) is 0 Å². The fourth-order valence-electron chi connectivity index (χ4n) is 11.7. The second-order valence-corrected chi connectivity index (χ2v) is 21.0. The van der Waals surface area contributed by atoms with Gasteiger partial charge in [-0.2, -0.15) is 0 Å². The summed E-state index contributed by atoms with van der Waals surface area (Å²) in [4.78, 5) is 0. The van der Waals surface area contributed by atoms with E-state index in [0.29, 0.717) is 0 Å². The Labute approximate surface area is 397 Å². The normalized spacial score (nSPS) is 12.1. The van der Waals surface area contributed by atoms with E-state index in [1.165, 1.54) is 289 Å². The molecule has 0 unspecified atom stereocenters. The highest BCUT2D eigenvalue weighted by Crippen LogP contribution is 2.58. The molecule has 0 atom stereocenters. The van der Waals surface area contributed by atoms with Crippen LogP contribution in [-0.2, 0) is 5.41 Å². The van der Waals surface area contributed by atoms with E-state index in [2.05, 4.69) is 88.4 Å². The lowest BCUT2D eigenvalue weighted by Crippen LogP contribution is -2.47. The van der Waals surface area contributed by atoms with Crippen molar-refractivity contribution in [3.63, 3.8) is 0 Å². The van der Waals surface area contributed by atoms with E-state index >= 15 is 0 Å². The van der Waals surface area contributed by atoms with Gasteiger partial charge < -0.3 is 0 Å². The standard InChI is InChI=1S/C63H112/c1-5-9-13-17-21-25-29-33-37-41-51-59-63(60-52-44-42-45-53-60,61-54-46-43-47-55-61)62(56-48-38-34-30-26-22-18-14-10-6-2,57-49-39-35-31-27-23-19-15-11-7-3)58-50-40-36-32-28-24-20-16-12-8-4/h42-47,52-55H,5-41,48-51,56-59H2,1-4H3. The van der Waals surface area contributed by atoms with E-state index < -0.39 is 0 Å². The summed E-state index contributed by atoms with van der Waals surface area (Å²) in [5.41, 5.74) is 3.62. The highest BCUT2D eigenvalue weighted by Gasteiger charge is 2.51. The summed E-state index contributed by atoms with van der Waals surface area (Å²) < 4.78 is 0. The molecule has 0 radical (unpaired) electrons. The Morgan fingerprint density at radius 1 is 0.222 bits per heavy atom. The molecule has 0 aliphatic rings. The molecule has 0 amide bonds. The third-order valence-electron chi connectivity index (χ3n) is 15.6. The van der Waals surface area contributed by atoms with Gasteiger partial charge in [0.15, 0.2) is 0 Å². The number of unbranched alkanes of at least 4 members (excludes halogenated alkanes) is 37. The summed E-state index contributed by atoms with van der Waals surface area (Å²) in [5, 5.41) is 0. The van der Waals surface area contributed by atoms with Gasteiger partial charge in [-0.3, -0.25) is 0 Å². The summed E-state index contributed by atoms with van der Waals surface area (Å²) in [6.45, 7) is 9.36. The van der Waals surface area contributed by atoms with Crippen molar-refractivity contribution in [2.75, 3.05) is 0 Å². The first-order valence-electron chi connectivity index (χ1n) is 29.3. The van der Waals surface area contributed by atoms with Gasteiger partial charge in [0.05, 0.1) is 0 Å². The molecule has 0 heteroatoms. The Bertz CT molecular complexity index is 1080.